The summed E-state index contributed by atoms with van der Waals surface area (Å²) >= 11 is 0. The Bertz CT molecular complexity index is 1320. The largest absolute Gasteiger partial charge is 0.311 e. The average molecular weight is 410 g/mol. The molecule has 0 aliphatic rings. The van der Waals surface area contributed by atoms with Crippen LogP contribution in [0.5, 0.6) is 0 Å². The van der Waals surface area contributed by atoms with Gasteiger partial charge in [0, 0.05) is 48.7 Å². The molecule has 1 aromatic carbocycles. The Balaban J connectivity index is 1.65. The summed E-state index contributed by atoms with van der Waals surface area (Å²) in [4.78, 5) is 30.0. The first-order valence-electron chi connectivity index (χ1n) is 9.46. The summed E-state index contributed by atoms with van der Waals surface area (Å²) in [6, 6.07) is 15.9. The summed E-state index contributed by atoms with van der Waals surface area (Å²) in [5, 5.41) is 15.9. The second kappa shape index (κ2) is 8.08. The number of amides is 2. The summed E-state index contributed by atoms with van der Waals surface area (Å²) in [6.45, 7) is 1.42. The summed E-state index contributed by atoms with van der Waals surface area (Å²) in [7, 11) is 1.69. The maximum Gasteiger partial charge on any atom is 0.258 e. The van der Waals surface area contributed by atoms with Gasteiger partial charge in [-0.2, -0.15) is 10.4 Å². The molecule has 2 amide bonds. The van der Waals surface area contributed by atoms with Crippen LogP contribution in [0, 0.1) is 11.3 Å². The van der Waals surface area contributed by atoms with Crippen LogP contribution < -0.4 is 10.2 Å². The number of anilines is 2. The fourth-order valence-electron chi connectivity index (χ4n) is 3.21. The van der Waals surface area contributed by atoms with E-state index in [1.807, 2.05) is 6.07 Å². The lowest BCUT2D eigenvalue weighted by Gasteiger charge is -2.17. The zero-order valence-corrected chi connectivity index (χ0v) is 16.9. The van der Waals surface area contributed by atoms with Crippen LogP contribution >= 0.6 is 0 Å². The van der Waals surface area contributed by atoms with Crippen molar-refractivity contribution in [1.82, 2.24) is 14.6 Å². The quantitative estimate of drug-likeness (QED) is 0.555. The lowest BCUT2D eigenvalue weighted by atomic mass is 10.1. The van der Waals surface area contributed by atoms with Gasteiger partial charge in [-0.05, 0) is 48.5 Å². The average Bonchev–Trinajstić information content (AvgIpc) is 3.21. The van der Waals surface area contributed by atoms with Crippen molar-refractivity contribution in [2.75, 3.05) is 17.3 Å². The summed E-state index contributed by atoms with van der Waals surface area (Å²) < 4.78 is 1.69. The fraction of sp³-hybridized carbons (Fsp3) is 0.0870. The van der Waals surface area contributed by atoms with Crippen molar-refractivity contribution in [2.45, 2.75) is 6.92 Å². The molecule has 0 fully saturated rings. The smallest absolute Gasteiger partial charge is 0.258 e. The van der Waals surface area contributed by atoms with Gasteiger partial charge in [-0.15, -0.1) is 0 Å². The SMILES string of the molecule is CC(=O)Nc1ccc(-c2cnn3ccc(C(=O)N(C)c4ccc(C#N)cc4)cc23)cn1. The van der Waals surface area contributed by atoms with Crippen molar-refractivity contribution < 1.29 is 9.59 Å². The molecule has 3 aromatic heterocycles. The Kier molecular flexibility index (Phi) is 5.16. The molecule has 0 unspecified atom stereocenters. The number of benzene rings is 1. The number of carbonyl (C=O) groups excluding carboxylic acids is 2. The second-order valence-electron chi connectivity index (χ2n) is 6.94. The monoisotopic (exact) mass is 410 g/mol. The molecule has 0 radical (unpaired) electrons. The molecule has 4 aromatic rings. The molecule has 0 aliphatic heterocycles. The molecule has 0 saturated carbocycles. The molecule has 1 N–H and O–H groups in total. The first-order chi connectivity index (χ1) is 15.0. The zero-order chi connectivity index (χ0) is 22.0. The van der Waals surface area contributed by atoms with E-state index in [1.165, 1.54) is 11.8 Å². The van der Waals surface area contributed by atoms with Crippen molar-refractivity contribution >= 4 is 28.8 Å². The highest BCUT2D eigenvalue weighted by molar-refractivity contribution is 6.06. The normalized spacial score (nSPS) is 10.5. The lowest BCUT2D eigenvalue weighted by Crippen LogP contribution is -2.26. The number of carbonyl (C=O) groups is 2. The van der Waals surface area contributed by atoms with Crippen LogP contribution in [0.25, 0.3) is 16.6 Å². The molecular formula is C23H18N6O2. The highest BCUT2D eigenvalue weighted by atomic mass is 16.2. The minimum Gasteiger partial charge on any atom is -0.311 e. The van der Waals surface area contributed by atoms with E-state index >= 15 is 0 Å². The Morgan fingerprint density at radius 1 is 1.10 bits per heavy atom. The first-order valence-corrected chi connectivity index (χ1v) is 9.46. The maximum atomic E-state index is 13.0. The zero-order valence-electron chi connectivity index (χ0n) is 16.9. The number of nitrogens with zero attached hydrogens (tertiary/aromatic N) is 5. The van der Waals surface area contributed by atoms with E-state index in [9.17, 15) is 9.59 Å². The van der Waals surface area contributed by atoms with Gasteiger partial charge < -0.3 is 10.2 Å². The molecule has 3 heterocycles. The highest BCUT2D eigenvalue weighted by Crippen LogP contribution is 2.26. The van der Waals surface area contributed by atoms with Gasteiger partial charge in [-0.1, -0.05) is 0 Å². The first kappa shape index (κ1) is 19.8. The van der Waals surface area contributed by atoms with Gasteiger partial charge in [-0.25, -0.2) is 9.50 Å². The molecule has 0 atom stereocenters. The van der Waals surface area contributed by atoms with E-state index in [-0.39, 0.29) is 11.8 Å². The van der Waals surface area contributed by atoms with Crippen LogP contribution in [-0.2, 0) is 4.79 Å². The van der Waals surface area contributed by atoms with Crippen LogP contribution in [0.15, 0.2) is 67.1 Å². The van der Waals surface area contributed by atoms with Crippen LogP contribution in [-0.4, -0.2) is 33.5 Å². The Morgan fingerprint density at radius 3 is 2.52 bits per heavy atom. The molecule has 31 heavy (non-hydrogen) atoms. The topological polar surface area (TPSA) is 103 Å². The standard InChI is InChI=1S/C23H18N6O2/c1-15(30)27-22-8-5-18(13-25-22)20-14-26-29-10-9-17(11-21(20)29)23(31)28(2)19-6-3-16(12-24)4-7-19/h3-11,13-14H,1-2H3,(H,25,27,30). The third-order valence-corrected chi connectivity index (χ3v) is 4.84. The van der Waals surface area contributed by atoms with Crippen molar-refractivity contribution in [3.05, 3.63) is 78.2 Å². The van der Waals surface area contributed by atoms with Gasteiger partial charge in [0.05, 0.1) is 23.3 Å². The maximum absolute atomic E-state index is 13.0. The summed E-state index contributed by atoms with van der Waals surface area (Å²) in [5.41, 5.74) is 4.12. The molecule has 0 saturated heterocycles. The number of rotatable bonds is 4. The second-order valence-corrected chi connectivity index (χ2v) is 6.94. The van der Waals surface area contributed by atoms with Gasteiger partial charge in [-0.3, -0.25) is 9.59 Å². The van der Waals surface area contributed by atoms with Gasteiger partial charge in [0.15, 0.2) is 0 Å². The van der Waals surface area contributed by atoms with Gasteiger partial charge in [0.1, 0.15) is 5.82 Å². The van der Waals surface area contributed by atoms with E-state index in [4.69, 9.17) is 5.26 Å². The lowest BCUT2D eigenvalue weighted by molar-refractivity contribution is -0.114. The number of pyridine rings is 2. The van der Waals surface area contributed by atoms with E-state index in [2.05, 4.69) is 21.5 Å². The van der Waals surface area contributed by atoms with Gasteiger partial charge in [0.2, 0.25) is 5.91 Å². The Labute approximate surface area is 178 Å². The van der Waals surface area contributed by atoms with Crippen molar-refractivity contribution in [3.8, 4) is 17.2 Å². The van der Waals surface area contributed by atoms with E-state index in [0.29, 0.717) is 22.6 Å². The Hall–Kier alpha value is -4.51. The Morgan fingerprint density at radius 2 is 1.87 bits per heavy atom. The summed E-state index contributed by atoms with van der Waals surface area (Å²) in [6.07, 6.45) is 5.10. The molecule has 8 nitrogen and oxygen atoms in total. The van der Waals surface area contributed by atoms with Crippen molar-refractivity contribution in [3.63, 3.8) is 0 Å². The number of hydrogen-bond acceptors (Lipinski definition) is 5. The minimum atomic E-state index is -0.189. The number of nitrogens with one attached hydrogen (secondary N) is 1. The van der Waals surface area contributed by atoms with E-state index in [0.717, 1.165) is 16.6 Å². The molecular weight excluding hydrogens is 392 g/mol. The van der Waals surface area contributed by atoms with Gasteiger partial charge >= 0.3 is 0 Å². The van der Waals surface area contributed by atoms with Gasteiger partial charge in [0.25, 0.3) is 5.91 Å². The number of nitriles is 1. The number of aromatic nitrogens is 3. The van der Waals surface area contributed by atoms with Crippen LogP contribution in [0.2, 0.25) is 0 Å². The molecule has 4 rings (SSSR count). The third-order valence-electron chi connectivity index (χ3n) is 4.84. The van der Waals surface area contributed by atoms with Crippen molar-refractivity contribution in [1.29, 1.82) is 5.26 Å². The summed E-state index contributed by atoms with van der Waals surface area (Å²) in [5.74, 6) is 0.0943. The minimum absolute atomic E-state index is 0.182. The predicted molar refractivity (Wildman–Crippen MR) is 117 cm³/mol. The van der Waals surface area contributed by atoms with Crippen LogP contribution in [0.4, 0.5) is 11.5 Å². The number of hydrogen-bond donors (Lipinski definition) is 1. The van der Waals surface area contributed by atoms with E-state index in [1.54, 1.807) is 72.6 Å². The predicted octanol–water partition coefficient (Wildman–Crippen LogP) is 3.50. The highest BCUT2D eigenvalue weighted by Gasteiger charge is 2.16. The molecule has 0 bridgehead atoms. The molecule has 0 spiro atoms. The fourth-order valence-corrected chi connectivity index (χ4v) is 3.21. The molecule has 8 heteroatoms. The van der Waals surface area contributed by atoms with E-state index < -0.39 is 0 Å². The van der Waals surface area contributed by atoms with Crippen molar-refractivity contribution in [2.24, 2.45) is 0 Å². The number of fused-ring (bicyclic) bond motifs is 1. The third kappa shape index (κ3) is 3.97. The molecule has 0 aliphatic carbocycles. The van der Waals surface area contributed by atoms with Crippen LogP contribution in [0.1, 0.15) is 22.8 Å². The molecule has 152 valence electrons. The van der Waals surface area contributed by atoms with Crippen LogP contribution in [0.3, 0.4) is 0 Å².